The summed E-state index contributed by atoms with van der Waals surface area (Å²) in [7, 11) is -4.18. The van der Waals surface area contributed by atoms with Crippen LogP contribution in [0.15, 0.2) is 77.7 Å². The average molecular weight is 591 g/mol. The fourth-order valence-electron chi connectivity index (χ4n) is 3.89. The number of anilines is 1. The highest BCUT2D eigenvalue weighted by molar-refractivity contribution is 7.92. The fourth-order valence-corrected chi connectivity index (χ4v) is 5.61. The Hall–Kier alpha value is -3.07. The predicted molar refractivity (Wildman–Crippen MR) is 156 cm³/mol. The molecule has 0 aliphatic carbocycles. The highest BCUT2D eigenvalue weighted by atomic mass is 35.5. The van der Waals surface area contributed by atoms with E-state index in [1.807, 2.05) is 45.0 Å². The van der Waals surface area contributed by atoms with Crippen molar-refractivity contribution in [3.63, 3.8) is 0 Å². The molecule has 3 rings (SSSR count). The third-order valence-electron chi connectivity index (χ3n) is 6.26. The number of carbonyl (C=O) groups is 2. The van der Waals surface area contributed by atoms with Gasteiger partial charge in [0.2, 0.25) is 11.8 Å². The van der Waals surface area contributed by atoms with E-state index in [0.717, 1.165) is 15.4 Å². The molecule has 1 unspecified atom stereocenters. The molecular weight excluding hydrogens is 557 g/mol. The quantitative estimate of drug-likeness (QED) is 0.311. The van der Waals surface area contributed by atoms with Gasteiger partial charge in [0.1, 0.15) is 12.6 Å². The lowest BCUT2D eigenvalue weighted by molar-refractivity contribution is -0.139. The van der Waals surface area contributed by atoms with Crippen molar-refractivity contribution in [1.29, 1.82) is 0 Å². The Labute approximate surface area is 240 Å². The first-order chi connectivity index (χ1) is 18.4. The van der Waals surface area contributed by atoms with E-state index in [1.54, 1.807) is 25.1 Å². The van der Waals surface area contributed by atoms with Crippen LogP contribution in [0, 0.1) is 12.8 Å². The van der Waals surface area contributed by atoms with Crippen molar-refractivity contribution in [1.82, 2.24) is 10.2 Å². The molecule has 3 aromatic carbocycles. The van der Waals surface area contributed by atoms with Crippen LogP contribution in [-0.4, -0.2) is 44.3 Å². The van der Waals surface area contributed by atoms with Crippen molar-refractivity contribution < 1.29 is 18.0 Å². The Bertz CT molecular complexity index is 1420. The maximum atomic E-state index is 13.9. The van der Waals surface area contributed by atoms with Crippen molar-refractivity contribution in [2.24, 2.45) is 5.92 Å². The van der Waals surface area contributed by atoms with Gasteiger partial charge in [-0.1, -0.05) is 79.5 Å². The van der Waals surface area contributed by atoms with Crippen molar-refractivity contribution >= 4 is 50.7 Å². The SMILES string of the molecule is Cc1ccccc1CN(C(=O)CN(c1ccc(Cl)c(Cl)c1)S(=O)(=O)c1ccccc1)C(C)C(=O)NCC(C)C. The molecule has 0 aliphatic rings. The van der Waals surface area contributed by atoms with E-state index >= 15 is 0 Å². The summed E-state index contributed by atoms with van der Waals surface area (Å²) < 4.78 is 28.6. The van der Waals surface area contributed by atoms with Crippen LogP contribution in [0.4, 0.5) is 5.69 Å². The van der Waals surface area contributed by atoms with Crippen LogP contribution in [0.25, 0.3) is 0 Å². The molecule has 2 amide bonds. The highest BCUT2D eigenvalue weighted by Gasteiger charge is 2.33. The molecule has 0 heterocycles. The Morgan fingerprint density at radius 3 is 2.15 bits per heavy atom. The van der Waals surface area contributed by atoms with E-state index < -0.39 is 28.5 Å². The molecule has 0 aliphatic heterocycles. The Balaban J connectivity index is 2.03. The lowest BCUT2D eigenvalue weighted by Crippen LogP contribution is -2.51. The van der Waals surface area contributed by atoms with Gasteiger partial charge in [0.25, 0.3) is 10.0 Å². The number of hydrogen-bond acceptors (Lipinski definition) is 4. The first-order valence-electron chi connectivity index (χ1n) is 12.6. The summed E-state index contributed by atoms with van der Waals surface area (Å²) in [4.78, 5) is 28.4. The zero-order chi connectivity index (χ0) is 28.7. The molecule has 0 radical (unpaired) electrons. The van der Waals surface area contributed by atoms with Crippen LogP contribution in [0.1, 0.15) is 31.9 Å². The average Bonchev–Trinajstić information content (AvgIpc) is 2.91. The summed E-state index contributed by atoms with van der Waals surface area (Å²) in [5.74, 6) is -0.642. The first kappa shape index (κ1) is 30.5. The van der Waals surface area contributed by atoms with Crippen molar-refractivity contribution in [2.75, 3.05) is 17.4 Å². The minimum atomic E-state index is -4.18. The summed E-state index contributed by atoms with van der Waals surface area (Å²) >= 11 is 12.3. The molecule has 39 heavy (non-hydrogen) atoms. The summed E-state index contributed by atoms with van der Waals surface area (Å²) in [5, 5.41) is 3.27. The maximum absolute atomic E-state index is 13.9. The van der Waals surface area contributed by atoms with Crippen molar-refractivity contribution in [2.45, 2.75) is 45.2 Å². The summed E-state index contributed by atoms with van der Waals surface area (Å²) in [6.07, 6.45) is 0. The predicted octanol–water partition coefficient (Wildman–Crippen LogP) is 5.69. The summed E-state index contributed by atoms with van der Waals surface area (Å²) in [6, 6.07) is 18.9. The summed E-state index contributed by atoms with van der Waals surface area (Å²) in [6.45, 7) is 7.54. The lowest BCUT2D eigenvalue weighted by Gasteiger charge is -2.32. The van der Waals surface area contributed by atoms with Crippen LogP contribution >= 0.6 is 23.2 Å². The number of carbonyl (C=O) groups excluding carboxylic acids is 2. The Kier molecular flexibility index (Phi) is 10.4. The van der Waals surface area contributed by atoms with Crippen LogP contribution in [0.3, 0.4) is 0 Å². The van der Waals surface area contributed by atoms with E-state index in [-0.39, 0.29) is 39.0 Å². The second-order valence-electron chi connectivity index (χ2n) is 9.69. The van der Waals surface area contributed by atoms with E-state index in [9.17, 15) is 18.0 Å². The minimum absolute atomic E-state index is 0.0112. The Morgan fingerprint density at radius 1 is 0.897 bits per heavy atom. The third-order valence-corrected chi connectivity index (χ3v) is 8.78. The van der Waals surface area contributed by atoms with Gasteiger partial charge < -0.3 is 10.2 Å². The number of benzene rings is 3. The number of sulfonamides is 1. The zero-order valence-electron chi connectivity index (χ0n) is 22.4. The van der Waals surface area contributed by atoms with Crippen molar-refractivity contribution in [3.8, 4) is 0 Å². The normalized spacial score (nSPS) is 12.2. The molecule has 0 saturated carbocycles. The highest BCUT2D eigenvalue weighted by Crippen LogP contribution is 2.31. The molecule has 0 bridgehead atoms. The number of rotatable bonds is 11. The summed E-state index contributed by atoms with van der Waals surface area (Å²) in [5.41, 5.74) is 1.97. The second-order valence-corrected chi connectivity index (χ2v) is 12.4. The minimum Gasteiger partial charge on any atom is -0.354 e. The molecular formula is C29H33Cl2N3O4S. The van der Waals surface area contributed by atoms with Crippen molar-refractivity contribution in [3.05, 3.63) is 94.0 Å². The van der Waals surface area contributed by atoms with Gasteiger partial charge in [0.05, 0.1) is 20.6 Å². The monoisotopic (exact) mass is 589 g/mol. The van der Waals surface area contributed by atoms with E-state index in [1.165, 1.54) is 35.2 Å². The molecule has 1 N–H and O–H groups in total. The van der Waals surface area contributed by atoms with Crippen LogP contribution in [-0.2, 0) is 26.2 Å². The van der Waals surface area contributed by atoms with Gasteiger partial charge in [-0.3, -0.25) is 13.9 Å². The van der Waals surface area contributed by atoms with Crippen LogP contribution < -0.4 is 9.62 Å². The van der Waals surface area contributed by atoms with Gasteiger partial charge in [-0.25, -0.2) is 8.42 Å². The standard InChI is InChI=1S/C29H33Cl2N3O4S/c1-20(2)17-32-29(36)22(4)33(18-23-11-9-8-10-21(23)3)28(35)19-34(24-14-15-26(30)27(31)16-24)39(37,38)25-12-6-5-7-13-25/h5-16,20,22H,17-19H2,1-4H3,(H,32,36). The fraction of sp³-hybridized carbons (Fsp3) is 0.310. The van der Waals surface area contributed by atoms with Gasteiger partial charge in [-0.05, 0) is 61.2 Å². The van der Waals surface area contributed by atoms with Gasteiger partial charge in [0.15, 0.2) is 0 Å². The molecule has 0 saturated heterocycles. The maximum Gasteiger partial charge on any atom is 0.264 e. The zero-order valence-corrected chi connectivity index (χ0v) is 24.7. The molecule has 10 heteroatoms. The molecule has 3 aromatic rings. The van der Waals surface area contributed by atoms with Gasteiger partial charge >= 0.3 is 0 Å². The van der Waals surface area contributed by atoms with Gasteiger partial charge in [0, 0.05) is 13.1 Å². The molecule has 0 spiro atoms. The second kappa shape index (κ2) is 13.3. The Morgan fingerprint density at radius 2 is 1.54 bits per heavy atom. The van der Waals surface area contributed by atoms with E-state index in [2.05, 4.69) is 5.32 Å². The topological polar surface area (TPSA) is 86.8 Å². The van der Waals surface area contributed by atoms with Crippen LogP contribution in [0.5, 0.6) is 0 Å². The first-order valence-corrected chi connectivity index (χ1v) is 14.8. The number of hydrogen-bond donors (Lipinski definition) is 1. The number of aryl methyl sites for hydroxylation is 1. The number of nitrogens with zero attached hydrogens (tertiary/aromatic N) is 2. The van der Waals surface area contributed by atoms with E-state index in [0.29, 0.717) is 6.54 Å². The molecule has 0 aromatic heterocycles. The van der Waals surface area contributed by atoms with E-state index in [4.69, 9.17) is 23.2 Å². The van der Waals surface area contributed by atoms with Gasteiger partial charge in [-0.2, -0.15) is 0 Å². The van der Waals surface area contributed by atoms with Gasteiger partial charge in [-0.15, -0.1) is 0 Å². The molecule has 1 atom stereocenters. The number of amides is 2. The third kappa shape index (κ3) is 7.75. The number of nitrogens with one attached hydrogen (secondary N) is 1. The smallest absolute Gasteiger partial charge is 0.264 e. The van der Waals surface area contributed by atoms with Crippen LogP contribution in [0.2, 0.25) is 10.0 Å². The molecule has 0 fully saturated rings. The number of halogens is 2. The molecule has 208 valence electrons. The lowest BCUT2D eigenvalue weighted by atomic mass is 10.1. The molecule has 7 nitrogen and oxygen atoms in total. The largest absolute Gasteiger partial charge is 0.354 e.